The number of thiocarbonyl (C=S) groups is 1. The Hall–Kier alpha value is -0.360. The van der Waals surface area contributed by atoms with Gasteiger partial charge in [0.25, 0.3) is 0 Å². The summed E-state index contributed by atoms with van der Waals surface area (Å²) in [6.07, 6.45) is 1.93. The normalized spacial score (nSPS) is 10.5. The van der Waals surface area contributed by atoms with Crippen LogP contribution < -0.4 is 5.32 Å². The number of halogens is 1. The number of aromatic nitrogens is 1. The molecule has 0 fully saturated rings. The summed E-state index contributed by atoms with van der Waals surface area (Å²) in [5, 5.41) is 4.51. The lowest BCUT2D eigenvalue weighted by Crippen LogP contribution is -2.02. The second-order valence-corrected chi connectivity index (χ2v) is 5.64. The van der Waals surface area contributed by atoms with Crippen molar-refractivity contribution in [3.63, 3.8) is 0 Å². The maximum absolute atomic E-state index is 6.02. The standard InChI is InChI=1S/C9H7ClN2S3/c1-14-9(13)12-8-11-7-5(10)3-2-4-6(7)15-8/h2-4H,1H3,(H,11,12,13). The molecule has 0 amide bonds. The average Bonchev–Trinajstić information content (AvgIpc) is 2.62. The zero-order chi connectivity index (χ0) is 10.8. The molecule has 0 aliphatic carbocycles. The second-order valence-electron chi connectivity index (χ2n) is 2.72. The maximum atomic E-state index is 6.02. The molecular formula is C9H7ClN2S3. The number of thioether (sulfide) groups is 1. The highest BCUT2D eigenvalue weighted by molar-refractivity contribution is 8.22. The summed E-state index contributed by atoms with van der Waals surface area (Å²) in [5.41, 5.74) is 0.829. The van der Waals surface area contributed by atoms with Gasteiger partial charge < -0.3 is 5.32 Å². The minimum Gasteiger partial charge on any atom is -0.317 e. The molecule has 0 aliphatic rings. The van der Waals surface area contributed by atoms with Gasteiger partial charge >= 0.3 is 0 Å². The van der Waals surface area contributed by atoms with E-state index in [1.807, 2.05) is 24.5 Å². The van der Waals surface area contributed by atoms with Gasteiger partial charge in [0, 0.05) is 0 Å². The zero-order valence-electron chi connectivity index (χ0n) is 7.78. The molecular weight excluding hydrogens is 268 g/mol. The topological polar surface area (TPSA) is 24.9 Å². The molecule has 2 nitrogen and oxygen atoms in total. The van der Waals surface area contributed by atoms with E-state index in [1.54, 1.807) is 11.3 Å². The predicted octanol–water partition coefficient (Wildman–Crippen LogP) is 4.01. The van der Waals surface area contributed by atoms with Crippen LogP contribution in [-0.4, -0.2) is 15.6 Å². The van der Waals surface area contributed by atoms with Crippen molar-refractivity contribution in [2.45, 2.75) is 0 Å². The van der Waals surface area contributed by atoms with Crippen molar-refractivity contribution in [1.29, 1.82) is 0 Å². The van der Waals surface area contributed by atoms with Crippen LogP contribution in [-0.2, 0) is 0 Å². The number of hydrogen-bond acceptors (Lipinski definition) is 4. The van der Waals surface area contributed by atoms with Crippen LogP contribution in [0.1, 0.15) is 0 Å². The molecule has 0 unspecified atom stereocenters. The number of hydrogen-bond donors (Lipinski definition) is 1. The largest absolute Gasteiger partial charge is 0.317 e. The van der Waals surface area contributed by atoms with Crippen molar-refractivity contribution in [3.8, 4) is 0 Å². The molecule has 78 valence electrons. The van der Waals surface area contributed by atoms with Gasteiger partial charge in [0.1, 0.15) is 9.84 Å². The molecule has 0 spiro atoms. The van der Waals surface area contributed by atoms with Crippen molar-refractivity contribution >= 4 is 66.6 Å². The Kier molecular flexibility index (Phi) is 3.45. The van der Waals surface area contributed by atoms with E-state index in [9.17, 15) is 0 Å². The summed E-state index contributed by atoms with van der Waals surface area (Å²) < 4.78 is 1.78. The number of para-hydroxylation sites is 1. The Morgan fingerprint density at radius 3 is 3.07 bits per heavy atom. The van der Waals surface area contributed by atoms with Crippen LogP contribution in [0.2, 0.25) is 5.02 Å². The molecule has 0 aliphatic heterocycles. The van der Waals surface area contributed by atoms with Gasteiger partial charge in [-0.05, 0) is 18.4 Å². The Balaban J connectivity index is 2.39. The number of thiazole rings is 1. The predicted molar refractivity (Wildman–Crippen MR) is 74.4 cm³/mol. The quantitative estimate of drug-likeness (QED) is 0.795. The summed E-state index contributed by atoms with van der Waals surface area (Å²) >= 11 is 14.1. The number of fused-ring (bicyclic) bond motifs is 1. The molecule has 0 atom stereocenters. The number of benzene rings is 1. The van der Waals surface area contributed by atoms with E-state index in [4.69, 9.17) is 23.8 Å². The maximum Gasteiger partial charge on any atom is 0.189 e. The van der Waals surface area contributed by atoms with Crippen molar-refractivity contribution in [2.75, 3.05) is 11.6 Å². The van der Waals surface area contributed by atoms with Gasteiger partial charge in [0.15, 0.2) is 5.13 Å². The minimum absolute atomic E-state index is 0.673. The number of rotatable bonds is 1. The summed E-state index contributed by atoms with van der Waals surface area (Å²) in [7, 11) is 0. The lowest BCUT2D eigenvalue weighted by molar-refractivity contribution is 1.48. The van der Waals surface area contributed by atoms with Gasteiger partial charge in [-0.1, -0.05) is 41.2 Å². The molecule has 6 heteroatoms. The van der Waals surface area contributed by atoms with Crippen LogP contribution in [0.5, 0.6) is 0 Å². The first-order chi connectivity index (χ1) is 7.20. The van der Waals surface area contributed by atoms with E-state index >= 15 is 0 Å². The SMILES string of the molecule is CSC(=S)Nc1nc2c(Cl)cccc2s1. The first-order valence-electron chi connectivity index (χ1n) is 4.10. The van der Waals surface area contributed by atoms with E-state index in [0.717, 1.165) is 15.3 Å². The second kappa shape index (κ2) is 4.65. The van der Waals surface area contributed by atoms with Crippen molar-refractivity contribution in [2.24, 2.45) is 0 Å². The van der Waals surface area contributed by atoms with E-state index in [-0.39, 0.29) is 0 Å². The molecule has 1 N–H and O–H groups in total. The summed E-state index contributed by atoms with van der Waals surface area (Å²) in [4.78, 5) is 4.37. The molecule has 1 aromatic heterocycles. The Morgan fingerprint density at radius 2 is 2.40 bits per heavy atom. The lowest BCUT2D eigenvalue weighted by atomic mass is 10.3. The lowest BCUT2D eigenvalue weighted by Gasteiger charge is -1.98. The van der Waals surface area contributed by atoms with Crippen LogP contribution in [0.3, 0.4) is 0 Å². The molecule has 0 radical (unpaired) electrons. The van der Waals surface area contributed by atoms with Crippen LogP contribution in [0.4, 0.5) is 5.13 Å². The number of nitrogens with one attached hydrogen (secondary N) is 1. The smallest absolute Gasteiger partial charge is 0.189 e. The van der Waals surface area contributed by atoms with E-state index in [2.05, 4.69) is 10.3 Å². The van der Waals surface area contributed by atoms with Crippen LogP contribution in [0.15, 0.2) is 18.2 Å². The van der Waals surface area contributed by atoms with Crippen molar-refractivity contribution in [3.05, 3.63) is 23.2 Å². The fraction of sp³-hybridized carbons (Fsp3) is 0.111. The highest BCUT2D eigenvalue weighted by Crippen LogP contribution is 2.30. The Labute approximate surface area is 106 Å². The molecule has 1 aromatic carbocycles. The molecule has 0 saturated carbocycles. The van der Waals surface area contributed by atoms with Gasteiger partial charge in [-0.2, -0.15) is 0 Å². The zero-order valence-corrected chi connectivity index (χ0v) is 11.0. The number of anilines is 1. The Bertz CT molecular complexity index is 509. The highest BCUT2D eigenvalue weighted by atomic mass is 35.5. The number of nitrogens with zero attached hydrogens (tertiary/aromatic N) is 1. The van der Waals surface area contributed by atoms with Crippen LogP contribution in [0.25, 0.3) is 10.2 Å². The van der Waals surface area contributed by atoms with Crippen LogP contribution >= 0.6 is 46.9 Å². The average molecular weight is 275 g/mol. The Morgan fingerprint density at radius 1 is 1.60 bits per heavy atom. The molecule has 2 rings (SSSR count). The van der Waals surface area contributed by atoms with Crippen molar-refractivity contribution in [1.82, 2.24) is 4.98 Å². The minimum atomic E-state index is 0.673. The fourth-order valence-corrected chi connectivity index (χ4v) is 2.70. The first-order valence-corrected chi connectivity index (χ1v) is 6.93. The third-order valence-corrected chi connectivity index (χ3v) is 4.08. The highest BCUT2D eigenvalue weighted by Gasteiger charge is 2.07. The third kappa shape index (κ3) is 2.42. The molecule has 0 bridgehead atoms. The van der Waals surface area contributed by atoms with Gasteiger partial charge in [-0.25, -0.2) is 4.98 Å². The van der Waals surface area contributed by atoms with Gasteiger partial charge in [0.05, 0.1) is 9.72 Å². The monoisotopic (exact) mass is 274 g/mol. The van der Waals surface area contributed by atoms with Gasteiger partial charge in [-0.15, -0.1) is 11.8 Å². The van der Waals surface area contributed by atoms with Gasteiger partial charge in [0.2, 0.25) is 0 Å². The fourth-order valence-electron chi connectivity index (χ4n) is 1.11. The summed E-state index contributed by atoms with van der Waals surface area (Å²) in [6, 6.07) is 5.74. The van der Waals surface area contributed by atoms with E-state index < -0.39 is 0 Å². The summed E-state index contributed by atoms with van der Waals surface area (Å²) in [5.74, 6) is 0. The third-order valence-electron chi connectivity index (χ3n) is 1.76. The first kappa shape index (κ1) is 11.1. The van der Waals surface area contributed by atoms with Gasteiger partial charge in [-0.3, -0.25) is 0 Å². The van der Waals surface area contributed by atoms with E-state index in [0.29, 0.717) is 9.34 Å². The van der Waals surface area contributed by atoms with E-state index in [1.165, 1.54) is 11.8 Å². The molecule has 0 saturated heterocycles. The molecule has 1 heterocycles. The molecule has 2 aromatic rings. The molecule has 15 heavy (non-hydrogen) atoms. The van der Waals surface area contributed by atoms with Crippen LogP contribution in [0, 0.1) is 0 Å². The summed E-state index contributed by atoms with van der Waals surface area (Å²) in [6.45, 7) is 0. The van der Waals surface area contributed by atoms with Crippen molar-refractivity contribution < 1.29 is 0 Å².